The maximum Gasteiger partial charge on any atom is 0.339 e. The van der Waals surface area contributed by atoms with E-state index in [1.807, 2.05) is 23.7 Å². The maximum absolute atomic E-state index is 11.4. The summed E-state index contributed by atoms with van der Waals surface area (Å²) in [4.78, 5) is 13.5. The summed E-state index contributed by atoms with van der Waals surface area (Å²) >= 11 is 1.58. The van der Waals surface area contributed by atoms with E-state index in [4.69, 9.17) is 0 Å². The van der Waals surface area contributed by atoms with E-state index in [0.29, 0.717) is 17.2 Å². The smallest absolute Gasteiger partial charge is 0.339 e. The lowest BCUT2D eigenvalue weighted by Gasteiger charge is -2.09. The summed E-state index contributed by atoms with van der Waals surface area (Å²) in [6.07, 6.45) is 4.11. The normalized spacial score (nSPS) is 16.5. The third-order valence-corrected chi connectivity index (χ3v) is 4.67. The summed E-state index contributed by atoms with van der Waals surface area (Å²) in [7, 11) is 0. The molecule has 0 amide bonds. The monoisotopic (exact) mass is 276 g/mol. The van der Waals surface area contributed by atoms with Gasteiger partial charge in [-0.3, -0.25) is 4.68 Å². The van der Waals surface area contributed by atoms with E-state index in [-0.39, 0.29) is 6.04 Å². The molecule has 4 nitrogen and oxygen atoms in total. The number of thiophene rings is 1. The van der Waals surface area contributed by atoms with Crippen LogP contribution in [-0.2, 0) is 0 Å². The molecular formula is C14H16N2O2S. The Labute approximate surface area is 115 Å². The van der Waals surface area contributed by atoms with Gasteiger partial charge in [0.2, 0.25) is 0 Å². The van der Waals surface area contributed by atoms with Crippen LogP contribution in [0.1, 0.15) is 41.0 Å². The van der Waals surface area contributed by atoms with E-state index in [0.717, 1.165) is 9.75 Å². The number of rotatable bonds is 4. The highest BCUT2D eigenvalue weighted by Gasteiger charge is 2.31. The van der Waals surface area contributed by atoms with Gasteiger partial charge in [-0.25, -0.2) is 4.79 Å². The SMILES string of the molecule is Cc1ccc(-c2nn(C(C)C3CC3)cc2C(=O)O)s1. The Morgan fingerprint density at radius 2 is 2.26 bits per heavy atom. The number of carboxylic acid groups (broad SMARTS) is 1. The largest absolute Gasteiger partial charge is 0.478 e. The fourth-order valence-corrected chi connectivity index (χ4v) is 3.16. The lowest BCUT2D eigenvalue weighted by Crippen LogP contribution is -2.07. The van der Waals surface area contributed by atoms with Crippen LogP contribution in [0.4, 0.5) is 0 Å². The fraction of sp³-hybridized carbons (Fsp3) is 0.429. The highest BCUT2D eigenvalue weighted by atomic mass is 32.1. The van der Waals surface area contributed by atoms with E-state index in [9.17, 15) is 9.90 Å². The second-order valence-corrected chi connectivity index (χ2v) is 6.45. The Morgan fingerprint density at radius 1 is 1.53 bits per heavy atom. The molecule has 0 aliphatic heterocycles. The van der Waals surface area contributed by atoms with Gasteiger partial charge in [0.25, 0.3) is 0 Å². The van der Waals surface area contributed by atoms with Crippen molar-refractivity contribution in [2.75, 3.05) is 0 Å². The molecule has 1 saturated carbocycles. The molecule has 100 valence electrons. The van der Waals surface area contributed by atoms with Gasteiger partial charge in [0.05, 0.1) is 10.9 Å². The third-order valence-electron chi connectivity index (χ3n) is 3.66. The highest BCUT2D eigenvalue weighted by molar-refractivity contribution is 7.15. The predicted molar refractivity (Wildman–Crippen MR) is 74.7 cm³/mol. The third kappa shape index (κ3) is 2.30. The van der Waals surface area contributed by atoms with Gasteiger partial charge in [-0.05, 0) is 44.7 Å². The molecule has 1 aliphatic carbocycles. The Kier molecular flexibility index (Phi) is 2.93. The van der Waals surface area contributed by atoms with Crippen molar-refractivity contribution in [2.24, 2.45) is 5.92 Å². The zero-order valence-electron chi connectivity index (χ0n) is 11.0. The van der Waals surface area contributed by atoms with Crippen molar-refractivity contribution in [1.29, 1.82) is 0 Å². The number of carboxylic acids is 1. The molecule has 2 heterocycles. The van der Waals surface area contributed by atoms with E-state index in [1.54, 1.807) is 17.5 Å². The number of aryl methyl sites for hydroxylation is 1. The molecule has 2 aromatic rings. The lowest BCUT2D eigenvalue weighted by atomic mass is 10.2. The minimum Gasteiger partial charge on any atom is -0.478 e. The molecule has 19 heavy (non-hydrogen) atoms. The molecule has 0 spiro atoms. The topological polar surface area (TPSA) is 55.1 Å². The molecule has 1 N–H and O–H groups in total. The Bertz CT molecular complexity index is 625. The predicted octanol–water partition coefficient (Wildman–Crippen LogP) is 3.59. The van der Waals surface area contributed by atoms with Gasteiger partial charge in [0, 0.05) is 11.1 Å². The van der Waals surface area contributed by atoms with Crippen LogP contribution in [0.5, 0.6) is 0 Å². The van der Waals surface area contributed by atoms with Crippen LogP contribution in [-0.4, -0.2) is 20.9 Å². The van der Waals surface area contributed by atoms with Crippen molar-refractivity contribution in [3.8, 4) is 10.6 Å². The van der Waals surface area contributed by atoms with Crippen molar-refractivity contribution in [1.82, 2.24) is 9.78 Å². The Hall–Kier alpha value is -1.62. The zero-order chi connectivity index (χ0) is 13.6. The molecule has 0 saturated heterocycles. The summed E-state index contributed by atoms with van der Waals surface area (Å²) in [5.74, 6) is -0.255. The number of nitrogens with zero attached hydrogens (tertiary/aromatic N) is 2. The number of aromatic nitrogens is 2. The Morgan fingerprint density at radius 3 is 2.79 bits per heavy atom. The molecule has 1 unspecified atom stereocenters. The second-order valence-electron chi connectivity index (χ2n) is 5.16. The first kappa shape index (κ1) is 12.4. The fourth-order valence-electron chi connectivity index (χ4n) is 2.30. The van der Waals surface area contributed by atoms with Crippen LogP contribution in [0.3, 0.4) is 0 Å². The summed E-state index contributed by atoms with van der Waals surface area (Å²) in [5.41, 5.74) is 0.896. The van der Waals surface area contributed by atoms with Gasteiger partial charge in [0.15, 0.2) is 0 Å². The van der Waals surface area contributed by atoms with Crippen molar-refractivity contribution in [2.45, 2.75) is 32.7 Å². The molecule has 0 aromatic carbocycles. The number of aromatic carboxylic acids is 1. The number of hydrogen-bond acceptors (Lipinski definition) is 3. The molecule has 5 heteroatoms. The van der Waals surface area contributed by atoms with Gasteiger partial charge in [0.1, 0.15) is 11.3 Å². The maximum atomic E-state index is 11.4. The number of carbonyl (C=O) groups is 1. The van der Waals surface area contributed by atoms with E-state index in [2.05, 4.69) is 12.0 Å². The standard InChI is InChI=1S/C14H16N2O2S/c1-8-3-6-12(19-8)13-11(14(17)18)7-16(15-13)9(2)10-4-5-10/h3,6-7,9-10H,4-5H2,1-2H3,(H,17,18). The average Bonchev–Trinajstić information content (AvgIpc) is 2.96. The van der Waals surface area contributed by atoms with Crippen LogP contribution >= 0.6 is 11.3 Å². The second kappa shape index (κ2) is 4.49. The van der Waals surface area contributed by atoms with Crippen molar-refractivity contribution in [3.05, 3.63) is 28.8 Å². The van der Waals surface area contributed by atoms with Crippen LogP contribution in [0.15, 0.2) is 18.3 Å². The van der Waals surface area contributed by atoms with Crippen molar-refractivity contribution >= 4 is 17.3 Å². The van der Waals surface area contributed by atoms with Crippen LogP contribution < -0.4 is 0 Å². The first-order valence-corrected chi connectivity index (χ1v) is 7.27. The first-order chi connectivity index (χ1) is 9.06. The van der Waals surface area contributed by atoms with Gasteiger partial charge in [-0.15, -0.1) is 11.3 Å². The van der Waals surface area contributed by atoms with Crippen LogP contribution in [0, 0.1) is 12.8 Å². The minimum atomic E-state index is -0.907. The van der Waals surface area contributed by atoms with E-state index in [1.165, 1.54) is 12.8 Å². The van der Waals surface area contributed by atoms with Gasteiger partial charge < -0.3 is 5.11 Å². The van der Waals surface area contributed by atoms with Crippen molar-refractivity contribution in [3.63, 3.8) is 0 Å². The van der Waals surface area contributed by atoms with Crippen LogP contribution in [0.2, 0.25) is 0 Å². The van der Waals surface area contributed by atoms with Gasteiger partial charge >= 0.3 is 5.97 Å². The molecule has 0 radical (unpaired) electrons. The molecule has 1 aliphatic rings. The molecule has 1 fully saturated rings. The van der Waals surface area contributed by atoms with E-state index < -0.39 is 5.97 Å². The Balaban J connectivity index is 2.04. The summed E-state index contributed by atoms with van der Waals surface area (Å²) in [5, 5.41) is 13.9. The lowest BCUT2D eigenvalue weighted by molar-refractivity contribution is 0.0697. The van der Waals surface area contributed by atoms with Gasteiger partial charge in [-0.1, -0.05) is 0 Å². The molecule has 1 atom stereocenters. The molecular weight excluding hydrogens is 260 g/mol. The summed E-state index contributed by atoms with van der Waals surface area (Å²) in [6.45, 7) is 4.12. The molecule has 0 bridgehead atoms. The zero-order valence-corrected chi connectivity index (χ0v) is 11.8. The average molecular weight is 276 g/mol. The van der Waals surface area contributed by atoms with Crippen LogP contribution in [0.25, 0.3) is 10.6 Å². The first-order valence-electron chi connectivity index (χ1n) is 6.45. The summed E-state index contributed by atoms with van der Waals surface area (Å²) in [6, 6.07) is 4.23. The highest BCUT2D eigenvalue weighted by Crippen LogP contribution is 2.40. The summed E-state index contributed by atoms with van der Waals surface area (Å²) < 4.78 is 1.82. The van der Waals surface area contributed by atoms with Crippen molar-refractivity contribution < 1.29 is 9.90 Å². The quantitative estimate of drug-likeness (QED) is 0.928. The minimum absolute atomic E-state index is 0.285. The van der Waals surface area contributed by atoms with Gasteiger partial charge in [-0.2, -0.15) is 5.10 Å². The molecule has 3 rings (SSSR count). The molecule has 2 aromatic heterocycles. The van der Waals surface area contributed by atoms with E-state index >= 15 is 0 Å². The number of hydrogen-bond donors (Lipinski definition) is 1.